The first-order chi connectivity index (χ1) is 4.25. The van der Waals surface area contributed by atoms with Crippen LogP contribution in [0.1, 0.15) is 0 Å². The van der Waals surface area contributed by atoms with E-state index < -0.39 is 0 Å². The number of hydrogen-bond donors (Lipinski definition) is 1. The zero-order chi connectivity index (χ0) is 6.91. The third-order valence-electron chi connectivity index (χ3n) is 1.60. The summed E-state index contributed by atoms with van der Waals surface area (Å²) in [6.07, 6.45) is 1.66. The molecule has 0 spiro atoms. The Morgan fingerprint density at radius 3 is 2.67 bits per heavy atom. The highest BCUT2D eigenvalue weighted by atomic mass is 35.5. The molecule has 2 unspecified atom stereocenters. The lowest BCUT2D eigenvalue weighted by molar-refractivity contribution is 0.307. The van der Waals surface area contributed by atoms with Gasteiger partial charge in [0.05, 0.1) is 18.5 Å². The van der Waals surface area contributed by atoms with Crippen molar-refractivity contribution in [3.63, 3.8) is 0 Å². The molecule has 0 bridgehead atoms. The number of ether oxygens (including phenoxy) is 1. The number of epoxide rings is 1. The molecule has 0 amide bonds. The van der Waals surface area contributed by atoms with E-state index in [0.717, 1.165) is 0 Å². The van der Waals surface area contributed by atoms with Crippen molar-refractivity contribution >= 4 is 11.6 Å². The molecule has 1 fully saturated rings. The van der Waals surface area contributed by atoms with Crippen LogP contribution in [-0.2, 0) is 4.74 Å². The number of rotatable bonds is 3. The van der Waals surface area contributed by atoms with Gasteiger partial charge >= 0.3 is 0 Å². The third-order valence-corrected chi connectivity index (χ3v) is 2.06. The summed E-state index contributed by atoms with van der Waals surface area (Å²) in [7, 11) is 0. The number of halogens is 1. The normalized spacial score (nSPS) is 35.8. The first-order valence-electron chi connectivity index (χ1n) is 2.83. The Bertz CT molecular complexity index is 122. The van der Waals surface area contributed by atoms with Gasteiger partial charge in [-0.15, -0.1) is 18.2 Å². The van der Waals surface area contributed by atoms with E-state index in [2.05, 4.69) is 6.58 Å². The van der Waals surface area contributed by atoms with Crippen molar-refractivity contribution < 1.29 is 4.74 Å². The van der Waals surface area contributed by atoms with Crippen LogP contribution in [0.3, 0.4) is 0 Å². The Hall–Kier alpha value is -0.0500. The van der Waals surface area contributed by atoms with E-state index in [0.29, 0.717) is 12.5 Å². The molecule has 1 rings (SSSR count). The lowest BCUT2D eigenvalue weighted by Crippen LogP contribution is -2.37. The number of hydrogen-bond acceptors (Lipinski definition) is 2. The zero-order valence-corrected chi connectivity index (χ0v) is 5.90. The van der Waals surface area contributed by atoms with Gasteiger partial charge in [0.15, 0.2) is 0 Å². The summed E-state index contributed by atoms with van der Waals surface area (Å²) in [6.45, 7) is 4.22. The summed E-state index contributed by atoms with van der Waals surface area (Å²) in [5.41, 5.74) is 5.32. The highest BCUT2D eigenvalue weighted by molar-refractivity contribution is 6.18. The molecule has 3 heteroatoms. The van der Waals surface area contributed by atoms with Crippen LogP contribution in [0.5, 0.6) is 0 Å². The van der Waals surface area contributed by atoms with Crippen LogP contribution in [0.25, 0.3) is 0 Å². The monoisotopic (exact) mass is 147 g/mol. The minimum atomic E-state index is -0.274. The molecule has 1 heterocycles. The second-order valence-corrected chi connectivity index (χ2v) is 2.52. The highest BCUT2D eigenvalue weighted by Gasteiger charge is 2.48. The summed E-state index contributed by atoms with van der Waals surface area (Å²) < 4.78 is 5.07. The first-order valence-corrected chi connectivity index (χ1v) is 3.37. The van der Waals surface area contributed by atoms with Gasteiger partial charge in [-0.1, -0.05) is 6.08 Å². The van der Waals surface area contributed by atoms with Crippen molar-refractivity contribution in [3.8, 4) is 0 Å². The Labute approximate surface area is 59.6 Å². The van der Waals surface area contributed by atoms with Gasteiger partial charge in [0.25, 0.3) is 0 Å². The van der Waals surface area contributed by atoms with Gasteiger partial charge in [-0.2, -0.15) is 0 Å². The number of nitrogens with two attached hydrogens (primary N) is 1. The first kappa shape index (κ1) is 7.06. The van der Waals surface area contributed by atoms with Crippen molar-refractivity contribution in [1.82, 2.24) is 0 Å². The lowest BCUT2D eigenvalue weighted by Gasteiger charge is -2.11. The van der Waals surface area contributed by atoms with Crippen molar-refractivity contribution in [1.29, 1.82) is 0 Å². The second-order valence-electron chi connectivity index (χ2n) is 2.25. The van der Waals surface area contributed by atoms with Crippen molar-refractivity contribution in [2.24, 2.45) is 5.73 Å². The molecule has 0 aliphatic carbocycles. The molecule has 0 aromatic heterocycles. The minimum absolute atomic E-state index is 0.116. The fraction of sp³-hybridized carbons (Fsp3) is 0.667. The zero-order valence-electron chi connectivity index (χ0n) is 5.14. The van der Waals surface area contributed by atoms with E-state index in [-0.39, 0.29) is 11.6 Å². The van der Waals surface area contributed by atoms with Gasteiger partial charge in [-0.25, -0.2) is 0 Å². The van der Waals surface area contributed by atoms with Crippen molar-refractivity contribution in [3.05, 3.63) is 12.7 Å². The Balaban J connectivity index is 2.48. The standard InChI is InChI=1S/C6H10ClNO/c1-2-5(8)6(3-7)4-9-6/h2,5H,1,3-4,8H2. The van der Waals surface area contributed by atoms with Gasteiger partial charge in [0.1, 0.15) is 5.60 Å². The summed E-state index contributed by atoms with van der Waals surface area (Å²) in [6, 6.07) is -0.116. The maximum Gasteiger partial charge on any atom is 0.124 e. The average Bonchev–Trinajstić information content (AvgIpc) is 2.66. The minimum Gasteiger partial charge on any atom is -0.366 e. The quantitative estimate of drug-likeness (QED) is 0.359. The van der Waals surface area contributed by atoms with Gasteiger partial charge in [-0.3, -0.25) is 0 Å². The molecular formula is C6H10ClNO. The van der Waals surface area contributed by atoms with Crippen LogP contribution in [0, 0.1) is 0 Å². The van der Waals surface area contributed by atoms with Crippen LogP contribution >= 0.6 is 11.6 Å². The SMILES string of the molecule is C=CC(N)C1(CCl)CO1. The highest BCUT2D eigenvalue weighted by Crippen LogP contribution is 2.31. The molecule has 1 saturated heterocycles. The van der Waals surface area contributed by atoms with Gasteiger partial charge in [0.2, 0.25) is 0 Å². The van der Waals surface area contributed by atoms with Crippen LogP contribution in [0.4, 0.5) is 0 Å². The van der Waals surface area contributed by atoms with E-state index >= 15 is 0 Å². The molecule has 52 valence electrons. The molecule has 9 heavy (non-hydrogen) atoms. The molecule has 0 aromatic carbocycles. The van der Waals surface area contributed by atoms with E-state index in [4.69, 9.17) is 22.1 Å². The van der Waals surface area contributed by atoms with E-state index in [1.807, 2.05) is 0 Å². The Kier molecular flexibility index (Phi) is 1.80. The Morgan fingerprint density at radius 2 is 2.56 bits per heavy atom. The largest absolute Gasteiger partial charge is 0.366 e. The summed E-state index contributed by atoms with van der Waals surface area (Å²) in [5.74, 6) is 0.459. The molecule has 2 atom stereocenters. The van der Waals surface area contributed by atoms with Crippen LogP contribution < -0.4 is 5.73 Å². The molecular weight excluding hydrogens is 138 g/mol. The fourth-order valence-electron chi connectivity index (χ4n) is 0.666. The molecule has 0 radical (unpaired) electrons. The maximum absolute atomic E-state index is 5.60. The van der Waals surface area contributed by atoms with Gasteiger partial charge in [-0.05, 0) is 0 Å². The van der Waals surface area contributed by atoms with Crippen molar-refractivity contribution in [2.45, 2.75) is 11.6 Å². The van der Waals surface area contributed by atoms with Crippen LogP contribution in [0.2, 0.25) is 0 Å². The predicted molar refractivity (Wildman–Crippen MR) is 37.6 cm³/mol. The van der Waals surface area contributed by atoms with Crippen LogP contribution in [0.15, 0.2) is 12.7 Å². The Morgan fingerprint density at radius 1 is 2.00 bits per heavy atom. The van der Waals surface area contributed by atoms with Crippen LogP contribution in [-0.4, -0.2) is 24.1 Å². The molecule has 2 N–H and O–H groups in total. The smallest absolute Gasteiger partial charge is 0.124 e. The lowest BCUT2D eigenvalue weighted by atomic mass is 10.0. The van der Waals surface area contributed by atoms with Gasteiger partial charge < -0.3 is 10.5 Å². The third kappa shape index (κ3) is 1.11. The maximum atomic E-state index is 5.60. The average molecular weight is 148 g/mol. The summed E-state index contributed by atoms with van der Waals surface area (Å²) >= 11 is 5.58. The number of alkyl halides is 1. The second kappa shape index (κ2) is 2.29. The fourth-order valence-corrected chi connectivity index (χ4v) is 0.999. The van der Waals surface area contributed by atoms with E-state index in [1.165, 1.54) is 0 Å². The molecule has 1 aliphatic rings. The van der Waals surface area contributed by atoms with E-state index in [9.17, 15) is 0 Å². The molecule has 2 nitrogen and oxygen atoms in total. The summed E-state index contributed by atoms with van der Waals surface area (Å²) in [4.78, 5) is 0. The van der Waals surface area contributed by atoms with Gasteiger partial charge in [0, 0.05) is 0 Å². The molecule has 0 saturated carbocycles. The molecule has 0 aromatic rings. The predicted octanol–water partition coefficient (Wildman–Crippen LogP) is 0.507. The van der Waals surface area contributed by atoms with E-state index in [1.54, 1.807) is 6.08 Å². The molecule has 1 aliphatic heterocycles. The van der Waals surface area contributed by atoms with Crippen molar-refractivity contribution in [2.75, 3.05) is 12.5 Å². The topological polar surface area (TPSA) is 38.5 Å². The summed E-state index contributed by atoms with van der Waals surface area (Å²) in [5, 5.41) is 0.